The Morgan fingerprint density at radius 2 is 1.92 bits per heavy atom. The standard InChI is InChI=1S/C15H16N4O5S2/c1-23-11-5-3-10(4-6-11)9-18-19(15(16)17)26(21,22)12-7-8-25-13(12)14(20)24-2/h3-9H,1-2H3,(H3,16,17)/b18-9+. The molecule has 0 bridgehead atoms. The van der Waals surface area contributed by atoms with E-state index >= 15 is 0 Å². The highest BCUT2D eigenvalue weighted by Crippen LogP contribution is 2.26. The van der Waals surface area contributed by atoms with Gasteiger partial charge >= 0.3 is 5.97 Å². The molecule has 2 rings (SSSR count). The Balaban J connectivity index is 2.39. The van der Waals surface area contributed by atoms with Gasteiger partial charge in [0.2, 0.25) is 5.96 Å². The molecule has 0 fully saturated rings. The number of nitrogens with two attached hydrogens (primary N) is 1. The second kappa shape index (κ2) is 7.97. The minimum absolute atomic E-state index is 0.126. The quantitative estimate of drug-likeness (QED) is 0.328. The summed E-state index contributed by atoms with van der Waals surface area (Å²) in [4.78, 5) is 11.3. The molecule has 0 aliphatic rings. The molecule has 1 aromatic carbocycles. The van der Waals surface area contributed by atoms with Crippen molar-refractivity contribution < 1.29 is 22.7 Å². The third-order valence-electron chi connectivity index (χ3n) is 3.14. The number of carbonyl (C=O) groups excluding carboxylic acids is 1. The average Bonchev–Trinajstić information content (AvgIpc) is 3.12. The molecular weight excluding hydrogens is 380 g/mol. The molecule has 26 heavy (non-hydrogen) atoms. The minimum atomic E-state index is -4.35. The number of hydrogen-bond acceptors (Lipinski definition) is 8. The maximum Gasteiger partial charge on any atom is 0.349 e. The van der Waals surface area contributed by atoms with E-state index in [4.69, 9.17) is 15.9 Å². The van der Waals surface area contributed by atoms with Crippen molar-refractivity contribution in [2.75, 3.05) is 14.2 Å². The predicted octanol–water partition coefficient (Wildman–Crippen LogP) is 1.46. The van der Waals surface area contributed by atoms with Crippen LogP contribution in [0.4, 0.5) is 0 Å². The summed E-state index contributed by atoms with van der Waals surface area (Å²) in [6, 6.07) is 7.87. The maximum atomic E-state index is 12.8. The van der Waals surface area contributed by atoms with Crippen molar-refractivity contribution in [1.29, 1.82) is 5.41 Å². The van der Waals surface area contributed by atoms with E-state index in [2.05, 4.69) is 9.84 Å². The summed E-state index contributed by atoms with van der Waals surface area (Å²) in [7, 11) is -1.69. The SMILES string of the molecule is COC(=O)c1sccc1S(=O)(=O)N(/N=C/c1ccc(OC)cc1)C(=N)N. The van der Waals surface area contributed by atoms with Crippen LogP contribution < -0.4 is 10.5 Å². The van der Waals surface area contributed by atoms with Crippen LogP contribution in [0.3, 0.4) is 0 Å². The van der Waals surface area contributed by atoms with E-state index < -0.39 is 22.0 Å². The molecule has 0 atom stereocenters. The van der Waals surface area contributed by atoms with Crippen LogP contribution in [0.15, 0.2) is 45.7 Å². The molecule has 9 nitrogen and oxygen atoms in total. The summed E-state index contributed by atoms with van der Waals surface area (Å²) >= 11 is 0.899. The van der Waals surface area contributed by atoms with Gasteiger partial charge in [-0.1, -0.05) is 0 Å². The van der Waals surface area contributed by atoms with Crippen molar-refractivity contribution in [3.8, 4) is 5.75 Å². The molecule has 0 unspecified atom stereocenters. The number of benzene rings is 1. The number of ether oxygens (including phenoxy) is 2. The molecule has 2 aromatic rings. The normalized spacial score (nSPS) is 11.3. The fraction of sp³-hybridized carbons (Fsp3) is 0.133. The van der Waals surface area contributed by atoms with Gasteiger partial charge in [0.15, 0.2) is 0 Å². The molecule has 1 heterocycles. The van der Waals surface area contributed by atoms with Gasteiger partial charge in [-0.15, -0.1) is 15.8 Å². The highest BCUT2D eigenvalue weighted by Gasteiger charge is 2.31. The summed E-state index contributed by atoms with van der Waals surface area (Å²) < 4.78 is 35.5. The molecule has 0 saturated carbocycles. The number of nitrogens with one attached hydrogen (secondary N) is 1. The van der Waals surface area contributed by atoms with Crippen molar-refractivity contribution in [2.24, 2.45) is 10.8 Å². The zero-order valence-electron chi connectivity index (χ0n) is 13.9. The zero-order chi connectivity index (χ0) is 19.3. The molecule has 0 aliphatic heterocycles. The number of rotatable bonds is 6. The van der Waals surface area contributed by atoms with Crippen molar-refractivity contribution in [3.63, 3.8) is 0 Å². The summed E-state index contributed by atoms with van der Waals surface area (Å²) in [5, 5.41) is 12.7. The van der Waals surface area contributed by atoms with Gasteiger partial charge in [0.25, 0.3) is 10.0 Å². The lowest BCUT2D eigenvalue weighted by atomic mass is 10.2. The molecule has 3 N–H and O–H groups in total. The summed E-state index contributed by atoms with van der Waals surface area (Å²) in [5.74, 6) is -1.00. The Bertz CT molecular complexity index is 935. The first-order valence-corrected chi connectivity index (χ1v) is 9.36. The van der Waals surface area contributed by atoms with E-state index in [0.29, 0.717) is 15.7 Å². The number of guanidine groups is 1. The van der Waals surface area contributed by atoms with Crippen LogP contribution in [0, 0.1) is 5.41 Å². The second-order valence-electron chi connectivity index (χ2n) is 4.76. The molecule has 11 heteroatoms. The lowest BCUT2D eigenvalue weighted by Crippen LogP contribution is -2.37. The van der Waals surface area contributed by atoms with Crippen LogP contribution in [-0.2, 0) is 14.8 Å². The predicted molar refractivity (Wildman–Crippen MR) is 97.2 cm³/mol. The Labute approximate surface area is 154 Å². The monoisotopic (exact) mass is 396 g/mol. The smallest absolute Gasteiger partial charge is 0.349 e. The van der Waals surface area contributed by atoms with Crippen molar-refractivity contribution in [3.05, 3.63) is 46.2 Å². The van der Waals surface area contributed by atoms with Gasteiger partial charge in [-0.05, 0) is 41.3 Å². The summed E-state index contributed by atoms with van der Waals surface area (Å²) in [6.45, 7) is 0. The molecular formula is C15H16N4O5S2. The first kappa shape index (κ1) is 19.4. The largest absolute Gasteiger partial charge is 0.497 e. The van der Waals surface area contributed by atoms with Gasteiger partial charge in [-0.25, -0.2) is 4.79 Å². The Morgan fingerprint density at radius 1 is 1.27 bits per heavy atom. The number of carbonyl (C=O) groups is 1. The van der Waals surface area contributed by atoms with E-state index in [0.717, 1.165) is 18.4 Å². The zero-order valence-corrected chi connectivity index (χ0v) is 15.5. The lowest BCUT2D eigenvalue weighted by Gasteiger charge is -2.16. The van der Waals surface area contributed by atoms with E-state index in [-0.39, 0.29) is 9.77 Å². The number of esters is 1. The Hall–Kier alpha value is -2.92. The highest BCUT2D eigenvalue weighted by atomic mass is 32.2. The van der Waals surface area contributed by atoms with Gasteiger partial charge < -0.3 is 15.2 Å². The fourth-order valence-corrected chi connectivity index (χ4v) is 4.32. The molecule has 0 radical (unpaired) electrons. The van der Waals surface area contributed by atoms with Gasteiger partial charge in [-0.2, -0.15) is 13.5 Å². The van der Waals surface area contributed by atoms with Crippen molar-refractivity contribution >= 4 is 39.5 Å². The topological polar surface area (TPSA) is 135 Å². The van der Waals surface area contributed by atoms with E-state index in [1.165, 1.54) is 24.8 Å². The maximum absolute atomic E-state index is 12.8. The fourth-order valence-electron chi connectivity index (χ4n) is 1.90. The molecule has 0 saturated heterocycles. The van der Waals surface area contributed by atoms with Gasteiger partial charge in [0.05, 0.1) is 20.4 Å². The summed E-state index contributed by atoms with van der Waals surface area (Å²) in [5.41, 5.74) is 5.94. The van der Waals surface area contributed by atoms with Gasteiger partial charge in [0, 0.05) is 0 Å². The van der Waals surface area contributed by atoms with E-state index in [1.807, 2.05) is 0 Å². The number of nitrogens with zero attached hydrogens (tertiary/aromatic N) is 2. The second-order valence-corrected chi connectivity index (χ2v) is 7.41. The van der Waals surface area contributed by atoms with Gasteiger partial charge in [0.1, 0.15) is 15.5 Å². The van der Waals surface area contributed by atoms with Crippen LogP contribution >= 0.6 is 11.3 Å². The van der Waals surface area contributed by atoms with Crippen LogP contribution in [-0.4, -0.2) is 45.2 Å². The molecule has 0 amide bonds. The third kappa shape index (κ3) is 4.00. The average molecular weight is 396 g/mol. The lowest BCUT2D eigenvalue weighted by molar-refractivity contribution is 0.0602. The number of hydrazone groups is 1. The van der Waals surface area contributed by atoms with Crippen molar-refractivity contribution in [2.45, 2.75) is 4.90 Å². The van der Waals surface area contributed by atoms with Crippen LogP contribution in [0.2, 0.25) is 0 Å². The Morgan fingerprint density at radius 3 is 2.46 bits per heavy atom. The van der Waals surface area contributed by atoms with Gasteiger partial charge in [-0.3, -0.25) is 5.41 Å². The van der Waals surface area contributed by atoms with Crippen LogP contribution in [0.1, 0.15) is 15.2 Å². The highest BCUT2D eigenvalue weighted by molar-refractivity contribution is 7.89. The van der Waals surface area contributed by atoms with Crippen LogP contribution in [0.5, 0.6) is 5.75 Å². The first-order valence-electron chi connectivity index (χ1n) is 7.04. The molecule has 138 valence electrons. The molecule has 0 aliphatic carbocycles. The molecule has 0 spiro atoms. The minimum Gasteiger partial charge on any atom is -0.497 e. The number of methoxy groups -OCH3 is 2. The van der Waals surface area contributed by atoms with E-state index in [9.17, 15) is 13.2 Å². The van der Waals surface area contributed by atoms with E-state index in [1.54, 1.807) is 24.3 Å². The number of hydrogen-bond donors (Lipinski definition) is 2. The third-order valence-corrected chi connectivity index (χ3v) is 5.81. The van der Waals surface area contributed by atoms with Crippen molar-refractivity contribution in [1.82, 2.24) is 4.41 Å². The number of thiophene rings is 1. The molecule has 1 aromatic heterocycles. The number of sulfonamides is 1. The summed E-state index contributed by atoms with van der Waals surface area (Å²) in [6.07, 6.45) is 1.22. The Kier molecular flexibility index (Phi) is 5.95. The first-order chi connectivity index (χ1) is 12.3. The van der Waals surface area contributed by atoms with Crippen LogP contribution in [0.25, 0.3) is 0 Å².